The van der Waals surface area contributed by atoms with Crippen LogP contribution in [-0.2, 0) is 0 Å². The van der Waals surface area contributed by atoms with Crippen LogP contribution in [0, 0.1) is 11.8 Å². The second kappa shape index (κ2) is 7.29. The fraction of sp³-hybridized carbons (Fsp3) is 1.00. The predicted molar refractivity (Wildman–Crippen MR) is 71.8 cm³/mol. The highest BCUT2D eigenvalue weighted by molar-refractivity contribution is 4.85. The molecule has 1 rings (SSSR count). The summed E-state index contributed by atoms with van der Waals surface area (Å²) in [6.07, 6.45) is 5.60. The van der Waals surface area contributed by atoms with E-state index in [9.17, 15) is 0 Å². The summed E-state index contributed by atoms with van der Waals surface area (Å²) in [6, 6.07) is 0.753. The monoisotopic (exact) mass is 226 g/mol. The van der Waals surface area contributed by atoms with Gasteiger partial charge in [0.1, 0.15) is 0 Å². The van der Waals surface area contributed by atoms with Gasteiger partial charge in [-0.1, -0.05) is 27.2 Å². The molecule has 0 aliphatic heterocycles. The number of nitrogens with one attached hydrogen (secondary N) is 1. The van der Waals surface area contributed by atoms with E-state index in [4.69, 9.17) is 0 Å². The summed E-state index contributed by atoms with van der Waals surface area (Å²) >= 11 is 0. The predicted octanol–water partition coefficient (Wildman–Crippen LogP) is 2.74. The quantitative estimate of drug-likeness (QED) is 0.749. The molecule has 3 atom stereocenters. The van der Waals surface area contributed by atoms with E-state index in [2.05, 4.69) is 38.0 Å². The smallest absolute Gasteiger partial charge is 0.0105 e. The van der Waals surface area contributed by atoms with Gasteiger partial charge in [-0.2, -0.15) is 0 Å². The maximum atomic E-state index is 3.53. The molecule has 0 radical (unpaired) electrons. The third kappa shape index (κ3) is 3.74. The first-order chi connectivity index (χ1) is 7.74. The summed E-state index contributed by atoms with van der Waals surface area (Å²) in [5.41, 5.74) is 0. The Morgan fingerprint density at radius 3 is 2.31 bits per heavy atom. The van der Waals surface area contributed by atoms with Crippen LogP contribution in [0.4, 0.5) is 0 Å². The van der Waals surface area contributed by atoms with Crippen LogP contribution in [0.3, 0.4) is 0 Å². The fourth-order valence-electron chi connectivity index (χ4n) is 3.13. The second-order valence-corrected chi connectivity index (χ2v) is 5.23. The van der Waals surface area contributed by atoms with Crippen LogP contribution in [0.25, 0.3) is 0 Å². The third-order valence-electron chi connectivity index (χ3n) is 4.43. The van der Waals surface area contributed by atoms with Crippen LogP contribution in [-0.4, -0.2) is 37.6 Å². The van der Waals surface area contributed by atoms with Gasteiger partial charge in [0.15, 0.2) is 0 Å². The zero-order valence-electron chi connectivity index (χ0n) is 11.6. The minimum atomic E-state index is 0.753. The molecule has 2 heteroatoms. The highest BCUT2D eigenvalue weighted by Gasteiger charge is 2.29. The van der Waals surface area contributed by atoms with Gasteiger partial charge >= 0.3 is 0 Å². The Bertz CT molecular complexity index is 178. The first-order valence-electron chi connectivity index (χ1n) is 7.14. The highest BCUT2D eigenvalue weighted by Crippen LogP contribution is 2.31. The standard InChI is InChI=1S/C14H30N2/c1-5-12-8-9-14(15-4)13(10-12)11-16(6-2)7-3/h12-15H,5-11H2,1-4H3. The lowest BCUT2D eigenvalue weighted by molar-refractivity contribution is 0.148. The Hall–Kier alpha value is -0.0800. The molecule has 1 saturated carbocycles. The zero-order chi connectivity index (χ0) is 12.0. The summed E-state index contributed by atoms with van der Waals surface area (Å²) < 4.78 is 0. The lowest BCUT2D eigenvalue weighted by Crippen LogP contribution is -2.44. The maximum absolute atomic E-state index is 3.53. The van der Waals surface area contributed by atoms with Crippen molar-refractivity contribution in [3.8, 4) is 0 Å². The average Bonchev–Trinajstić information content (AvgIpc) is 2.35. The zero-order valence-corrected chi connectivity index (χ0v) is 11.6. The molecule has 1 aliphatic rings. The van der Waals surface area contributed by atoms with Crippen LogP contribution in [0.1, 0.15) is 46.5 Å². The van der Waals surface area contributed by atoms with Gasteiger partial charge in [-0.25, -0.2) is 0 Å². The molecule has 0 spiro atoms. The van der Waals surface area contributed by atoms with E-state index >= 15 is 0 Å². The van der Waals surface area contributed by atoms with Crippen molar-refractivity contribution in [2.75, 3.05) is 26.7 Å². The van der Waals surface area contributed by atoms with E-state index in [1.54, 1.807) is 0 Å². The van der Waals surface area contributed by atoms with Gasteiger partial charge in [-0.05, 0) is 51.2 Å². The van der Waals surface area contributed by atoms with Gasteiger partial charge in [0.25, 0.3) is 0 Å². The Morgan fingerprint density at radius 1 is 1.12 bits per heavy atom. The third-order valence-corrected chi connectivity index (χ3v) is 4.43. The van der Waals surface area contributed by atoms with Crippen LogP contribution in [0.15, 0.2) is 0 Å². The normalized spacial score (nSPS) is 30.9. The molecule has 1 fully saturated rings. The summed E-state index contributed by atoms with van der Waals surface area (Å²) in [7, 11) is 2.13. The molecule has 0 amide bonds. The maximum Gasteiger partial charge on any atom is 0.0105 e. The van der Waals surface area contributed by atoms with Gasteiger partial charge in [0.05, 0.1) is 0 Å². The molecule has 2 nitrogen and oxygen atoms in total. The Balaban J connectivity index is 2.50. The Morgan fingerprint density at radius 2 is 1.81 bits per heavy atom. The SMILES string of the molecule is CCC1CCC(NC)C(CN(CC)CC)C1. The van der Waals surface area contributed by atoms with Gasteiger partial charge < -0.3 is 10.2 Å². The molecule has 0 heterocycles. The van der Waals surface area contributed by atoms with E-state index in [1.807, 2.05) is 0 Å². The van der Waals surface area contributed by atoms with Crippen molar-refractivity contribution in [1.29, 1.82) is 0 Å². The number of hydrogen-bond acceptors (Lipinski definition) is 2. The topological polar surface area (TPSA) is 15.3 Å². The number of nitrogens with zero attached hydrogens (tertiary/aromatic N) is 1. The fourth-order valence-corrected chi connectivity index (χ4v) is 3.13. The average molecular weight is 226 g/mol. The van der Waals surface area contributed by atoms with Crippen molar-refractivity contribution in [2.45, 2.75) is 52.5 Å². The van der Waals surface area contributed by atoms with E-state index in [0.717, 1.165) is 17.9 Å². The molecule has 0 bridgehead atoms. The van der Waals surface area contributed by atoms with Crippen LogP contribution < -0.4 is 5.32 Å². The molecule has 1 N–H and O–H groups in total. The van der Waals surface area contributed by atoms with E-state index in [0.29, 0.717) is 0 Å². The van der Waals surface area contributed by atoms with Gasteiger partial charge in [0, 0.05) is 12.6 Å². The van der Waals surface area contributed by atoms with Crippen molar-refractivity contribution >= 4 is 0 Å². The molecule has 0 saturated heterocycles. The highest BCUT2D eigenvalue weighted by atomic mass is 15.1. The lowest BCUT2D eigenvalue weighted by Gasteiger charge is -2.38. The van der Waals surface area contributed by atoms with Crippen molar-refractivity contribution in [2.24, 2.45) is 11.8 Å². The molecule has 96 valence electrons. The van der Waals surface area contributed by atoms with Crippen molar-refractivity contribution in [3.05, 3.63) is 0 Å². The van der Waals surface area contributed by atoms with Crippen molar-refractivity contribution in [1.82, 2.24) is 10.2 Å². The molecule has 0 aromatic rings. The van der Waals surface area contributed by atoms with E-state index < -0.39 is 0 Å². The minimum absolute atomic E-state index is 0.753. The molecular formula is C14H30N2. The van der Waals surface area contributed by atoms with Crippen LogP contribution in [0.5, 0.6) is 0 Å². The first-order valence-corrected chi connectivity index (χ1v) is 7.14. The van der Waals surface area contributed by atoms with Gasteiger partial charge in [0.2, 0.25) is 0 Å². The van der Waals surface area contributed by atoms with Crippen LogP contribution >= 0.6 is 0 Å². The molecule has 0 aromatic heterocycles. The van der Waals surface area contributed by atoms with Crippen molar-refractivity contribution < 1.29 is 0 Å². The summed E-state index contributed by atoms with van der Waals surface area (Å²) in [5.74, 6) is 1.84. The largest absolute Gasteiger partial charge is 0.317 e. The van der Waals surface area contributed by atoms with E-state index in [1.165, 1.54) is 45.3 Å². The molecule has 0 aromatic carbocycles. The van der Waals surface area contributed by atoms with E-state index in [-0.39, 0.29) is 0 Å². The Kier molecular flexibility index (Phi) is 6.37. The Labute approximate surface area is 102 Å². The summed E-state index contributed by atoms with van der Waals surface area (Å²) in [5, 5.41) is 3.53. The lowest BCUT2D eigenvalue weighted by atomic mass is 9.76. The number of hydrogen-bond donors (Lipinski definition) is 1. The second-order valence-electron chi connectivity index (χ2n) is 5.23. The molecular weight excluding hydrogens is 196 g/mol. The number of rotatable bonds is 6. The molecule has 16 heavy (non-hydrogen) atoms. The molecule has 1 aliphatic carbocycles. The van der Waals surface area contributed by atoms with Crippen LogP contribution in [0.2, 0.25) is 0 Å². The summed E-state index contributed by atoms with van der Waals surface area (Å²) in [4.78, 5) is 2.58. The van der Waals surface area contributed by atoms with Gasteiger partial charge in [-0.3, -0.25) is 0 Å². The minimum Gasteiger partial charge on any atom is -0.317 e. The van der Waals surface area contributed by atoms with Crippen molar-refractivity contribution in [3.63, 3.8) is 0 Å². The van der Waals surface area contributed by atoms with Gasteiger partial charge in [-0.15, -0.1) is 0 Å². The first kappa shape index (κ1) is 14.0. The summed E-state index contributed by atoms with van der Waals surface area (Å²) in [6.45, 7) is 10.6. The molecule has 3 unspecified atom stereocenters.